The molecule has 0 aromatic heterocycles. The highest BCUT2D eigenvalue weighted by atomic mass is 35.5. The maximum Gasteiger partial charge on any atom is 0.220 e. The number of benzene rings is 1. The summed E-state index contributed by atoms with van der Waals surface area (Å²) in [7, 11) is 0. The molecule has 20 heavy (non-hydrogen) atoms. The summed E-state index contributed by atoms with van der Waals surface area (Å²) in [6, 6.07) is 7.75. The van der Waals surface area contributed by atoms with Crippen molar-refractivity contribution in [3.05, 3.63) is 29.8 Å². The van der Waals surface area contributed by atoms with Gasteiger partial charge in [0.05, 0.1) is 0 Å². The number of halogens is 1. The highest BCUT2D eigenvalue weighted by Gasteiger charge is 2.14. The molecule has 1 amide bonds. The Bertz CT molecular complexity index is 417. The molecule has 3 N–H and O–H groups in total. The van der Waals surface area contributed by atoms with Crippen LogP contribution in [-0.4, -0.2) is 12.5 Å². The van der Waals surface area contributed by atoms with Gasteiger partial charge in [-0.1, -0.05) is 43.9 Å². The number of rotatable bonds is 6. The summed E-state index contributed by atoms with van der Waals surface area (Å²) in [6.07, 6.45) is 7.81. The average molecular weight is 297 g/mol. The number of anilines is 1. The summed E-state index contributed by atoms with van der Waals surface area (Å²) >= 11 is 0. The molecule has 0 saturated heterocycles. The van der Waals surface area contributed by atoms with E-state index < -0.39 is 0 Å². The zero-order valence-corrected chi connectivity index (χ0v) is 12.8. The number of carbonyl (C=O) groups excluding carboxylic acids is 1. The minimum Gasteiger partial charge on any atom is -0.399 e. The van der Waals surface area contributed by atoms with Gasteiger partial charge in [0.15, 0.2) is 0 Å². The van der Waals surface area contributed by atoms with Crippen LogP contribution in [-0.2, 0) is 11.2 Å². The second kappa shape index (κ2) is 8.85. The molecule has 1 aromatic rings. The molecular weight excluding hydrogens is 272 g/mol. The molecule has 0 atom stereocenters. The van der Waals surface area contributed by atoms with Gasteiger partial charge in [0.25, 0.3) is 0 Å². The van der Waals surface area contributed by atoms with Crippen molar-refractivity contribution in [2.45, 2.75) is 44.9 Å². The average Bonchev–Trinajstić information content (AvgIpc) is 2.91. The lowest BCUT2D eigenvalue weighted by Crippen LogP contribution is -2.25. The van der Waals surface area contributed by atoms with Crippen molar-refractivity contribution in [2.24, 2.45) is 5.92 Å². The molecule has 3 nitrogen and oxygen atoms in total. The van der Waals surface area contributed by atoms with Crippen LogP contribution < -0.4 is 11.1 Å². The van der Waals surface area contributed by atoms with Crippen LogP contribution in [0.25, 0.3) is 0 Å². The van der Waals surface area contributed by atoms with Crippen molar-refractivity contribution in [1.29, 1.82) is 0 Å². The van der Waals surface area contributed by atoms with Gasteiger partial charge in [0.1, 0.15) is 0 Å². The first-order valence-electron chi connectivity index (χ1n) is 7.36. The lowest BCUT2D eigenvalue weighted by Gasteiger charge is -2.10. The zero-order chi connectivity index (χ0) is 13.5. The summed E-state index contributed by atoms with van der Waals surface area (Å²) in [5, 5.41) is 3.02. The fraction of sp³-hybridized carbons (Fsp3) is 0.562. The Morgan fingerprint density at radius 1 is 1.25 bits per heavy atom. The zero-order valence-electron chi connectivity index (χ0n) is 11.9. The molecule has 1 aliphatic rings. The maximum atomic E-state index is 11.7. The Morgan fingerprint density at radius 2 is 1.95 bits per heavy atom. The number of carbonyl (C=O) groups is 1. The van der Waals surface area contributed by atoms with Crippen molar-refractivity contribution in [2.75, 3.05) is 12.3 Å². The molecule has 2 rings (SSSR count). The van der Waals surface area contributed by atoms with Gasteiger partial charge in [-0.15, -0.1) is 12.4 Å². The molecule has 0 spiro atoms. The monoisotopic (exact) mass is 296 g/mol. The number of nitrogens with one attached hydrogen (secondary N) is 1. The lowest BCUT2D eigenvalue weighted by molar-refractivity contribution is -0.121. The Morgan fingerprint density at radius 3 is 2.65 bits per heavy atom. The van der Waals surface area contributed by atoms with Crippen LogP contribution >= 0.6 is 12.4 Å². The molecule has 1 fully saturated rings. The van der Waals surface area contributed by atoms with E-state index in [0.717, 1.165) is 36.6 Å². The van der Waals surface area contributed by atoms with E-state index in [-0.39, 0.29) is 18.3 Å². The van der Waals surface area contributed by atoms with Gasteiger partial charge < -0.3 is 11.1 Å². The SMILES string of the molecule is Cl.Nc1ccccc1CCC(=O)NCCC1CCCC1. The minimum absolute atomic E-state index is 0. The van der Waals surface area contributed by atoms with E-state index in [1.807, 2.05) is 24.3 Å². The van der Waals surface area contributed by atoms with Crippen LogP contribution in [0.1, 0.15) is 44.1 Å². The van der Waals surface area contributed by atoms with Gasteiger partial charge in [0, 0.05) is 18.7 Å². The Kier molecular flexibility index (Phi) is 7.45. The number of amides is 1. The van der Waals surface area contributed by atoms with E-state index in [1.165, 1.54) is 25.7 Å². The predicted molar refractivity (Wildman–Crippen MR) is 86.0 cm³/mol. The van der Waals surface area contributed by atoms with Gasteiger partial charge in [-0.2, -0.15) is 0 Å². The molecule has 0 aliphatic heterocycles. The summed E-state index contributed by atoms with van der Waals surface area (Å²) < 4.78 is 0. The fourth-order valence-electron chi connectivity index (χ4n) is 2.81. The molecule has 4 heteroatoms. The van der Waals surface area contributed by atoms with Crippen molar-refractivity contribution in [1.82, 2.24) is 5.32 Å². The second-order valence-electron chi connectivity index (χ2n) is 5.49. The van der Waals surface area contributed by atoms with Crippen molar-refractivity contribution in [3.8, 4) is 0 Å². The van der Waals surface area contributed by atoms with Crippen molar-refractivity contribution in [3.63, 3.8) is 0 Å². The third kappa shape index (κ3) is 5.41. The Balaban J connectivity index is 0.00000200. The van der Waals surface area contributed by atoms with Crippen LogP contribution in [0.5, 0.6) is 0 Å². The van der Waals surface area contributed by atoms with Gasteiger partial charge >= 0.3 is 0 Å². The van der Waals surface area contributed by atoms with Crippen LogP contribution in [0, 0.1) is 5.92 Å². The third-order valence-electron chi connectivity index (χ3n) is 4.03. The normalized spacial score (nSPS) is 14.8. The molecule has 0 radical (unpaired) electrons. The number of hydrogen-bond donors (Lipinski definition) is 2. The molecule has 1 saturated carbocycles. The lowest BCUT2D eigenvalue weighted by atomic mass is 10.0. The molecule has 0 heterocycles. The molecule has 0 bridgehead atoms. The molecule has 1 aliphatic carbocycles. The van der Waals surface area contributed by atoms with Gasteiger partial charge in [0.2, 0.25) is 5.91 Å². The minimum atomic E-state index is 0. The predicted octanol–water partition coefficient (Wildman–Crippen LogP) is 3.32. The molecule has 112 valence electrons. The quantitative estimate of drug-likeness (QED) is 0.791. The number of hydrogen-bond acceptors (Lipinski definition) is 2. The first-order valence-corrected chi connectivity index (χ1v) is 7.36. The summed E-state index contributed by atoms with van der Waals surface area (Å²) in [5.41, 5.74) is 7.70. The van der Waals surface area contributed by atoms with E-state index in [2.05, 4.69) is 5.32 Å². The van der Waals surface area contributed by atoms with Crippen molar-refractivity contribution < 1.29 is 4.79 Å². The van der Waals surface area contributed by atoms with E-state index in [0.29, 0.717) is 6.42 Å². The highest BCUT2D eigenvalue weighted by Crippen LogP contribution is 2.26. The summed E-state index contributed by atoms with van der Waals surface area (Å²) in [5.74, 6) is 0.978. The highest BCUT2D eigenvalue weighted by molar-refractivity contribution is 5.85. The molecular formula is C16H25ClN2O. The van der Waals surface area contributed by atoms with E-state index in [9.17, 15) is 4.79 Å². The van der Waals surface area contributed by atoms with Crippen LogP contribution in [0.15, 0.2) is 24.3 Å². The third-order valence-corrected chi connectivity index (χ3v) is 4.03. The van der Waals surface area contributed by atoms with Crippen LogP contribution in [0.3, 0.4) is 0 Å². The number of para-hydroxylation sites is 1. The van der Waals surface area contributed by atoms with Crippen LogP contribution in [0.4, 0.5) is 5.69 Å². The Hall–Kier alpha value is -1.22. The van der Waals surface area contributed by atoms with Gasteiger partial charge in [-0.3, -0.25) is 4.79 Å². The first kappa shape index (κ1) is 16.8. The Labute approximate surface area is 127 Å². The van der Waals surface area contributed by atoms with E-state index in [4.69, 9.17) is 5.73 Å². The molecule has 0 unspecified atom stereocenters. The maximum absolute atomic E-state index is 11.7. The van der Waals surface area contributed by atoms with Crippen molar-refractivity contribution >= 4 is 24.0 Å². The number of aryl methyl sites for hydroxylation is 1. The number of nitrogen functional groups attached to an aromatic ring is 1. The number of nitrogens with two attached hydrogens (primary N) is 1. The van der Waals surface area contributed by atoms with E-state index >= 15 is 0 Å². The smallest absolute Gasteiger partial charge is 0.220 e. The van der Waals surface area contributed by atoms with Crippen LogP contribution in [0.2, 0.25) is 0 Å². The van der Waals surface area contributed by atoms with Gasteiger partial charge in [-0.05, 0) is 30.4 Å². The summed E-state index contributed by atoms with van der Waals surface area (Å²) in [6.45, 7) is 0.827. The first-order chi connectivity index (χ1) is 9.25. The molecule has 1 aromatic carbocycles. The second-order valence-corrected chi connectivity index (χ2v) is 5.49. The fourth-order valence-corrected chi connectivity index (χ4v) is 2.81. The van der Waals surface area contributed by atoms with Gasteiger partial charge in [-0.25, -0.2) is 0 Å². The van der Waals surface area contributed by atoms with E-state index in [1.54, 1.807) is 0 Å². The standard InChI is InChI=1S/C16H24N2O.ClH/c17-15-8-4-3-7-14(15)9-10-16(19)18-12-11-13-5-1-2-6-13;/h3-4,7-8,13H,1-2,5-6,9-12,17H2,(H,18,19);1H. The summed E-state index contributed by atoms with van der Waals surface area (Å²) in [4.78, 5) is 11.7. The topological polar surface area (TPSA) is 55.1 Å². The largest absolute Gasteiger partial charge is 0.399 e.